The van der Waals surface area contributed by atoms with Crippen LogP contribution in [0.15, 0.2) is 91.2 Å². The number of primary amides is 1. The van der Waals surface area contributed by atoms with E-state index in [-0.39, 0.29) is 5.82 Å². The van der Waals surface area contributed by atoms with Gasteiger partial charge in [-0.3, -0.25) is 9.88 Å². The molecule has 0 unspecified atom stereocenters. The first-order valence-electron chi connectivity index (χ1n) is 12.3. The Balaban J connectivity index is 1.37. The van der Waals surface area contributed by atoms with Crippen molar-refractivity contribution in [3.8, 4) is 5.75 Å². The second-order valence-electron chi connectivity index (χ2n) is 9.38. The van der Waals surface area contributed by atoms with Crippen molar-refractivity contribution in [1.82, 2.24) is 14.5 Å². The molecule has 0 aliphatic carbocycles. The maximum Gasteiger partial charge on any atom is 0.318 e. The monoisotopic (exact) mass is 519 g/mol. The molecular weight excluding hydrogens is 497 g/mol. The van der Waals surface area contributed by atoms with E-state index in [9.17, 15) is 9.18 Å². The van der Waals surface area contributed by atoms with Crippen LogP contribution in [0.3, 0.4) is 0 Å². The van der Waals surface area contributed by atoms with Gasteiger partial charge in [0.1, 0.15) is 30.7 Å². The van der Waals surface area contributed by atoms with Gasteiger partial charge < -0.3 is 20.1 Å². The van der Waals surface area contributed by atoms with Crippen LogP contribution in [0, 0.1) is 5.82 Å². The van der Waals surface area contributed by atoms with Crippen LogP contribution in [0.25, 0.3) is 28.4 Å². The van der Waals surface area contributed by atoms with Gasteiger partial charge in [0, 0.05) is 23.5 Å². The van der Waals surface area contributed by atoms with Crippen molar-refractivity contribution in [2.24, 2.45) is 5.73 Å². The van der Waals surface area contributed by atoms with Gasteiger partial charge in [0.25, 0.3) is 0 Å². The summed E-state index contributed by atoms with van der Waals surface area (Å²) in [4.78, 5) is 18.6. The van der Waals surface area contributed by atoms with Crippen molar-refractivity contribution in [2.45, 2.75) is 6.61 Å². The van der Waals surface area contributed by atoms with E-state index in [1.54, 1.807) is 18.6 Å². The van der Waals surface area contributed by atoms with Crippen LogP contribution in [0.2, 0.25) is 0 Å². The van der Waals surface area contributed by atoms with Gasteiger partial charge >= 0.3 is 6.03 Å². The van der Waals surface area contributed by atoms with Gasteiger partial charge in [0.2, 0.25) is 5.95 Å². The molecule has 0 saturated heterocycles. The van der Waals surface area contributed by atoms with Crippen molar-refractivity contribution < 1.29 is 18.7 Å². The predicted octanol–water partition coefficient (Wildman–Crippen LogP) is 5.65. The van der Waals surface area contributed by atoms with Crippen LogP contribution < -0.4 is 15.8 Å². The molecule has 3 aromatic carbocycles. The van der Waals surface area contributed by atoms with E-state index in [2.05, 4.69) is 5.32 Å². The van der Waals surface area contributed by atoms with E-state index in [1.165, 1.54) is 12.1 Å². The van der Waals surface area contributed by atoms with Gasteiger partial charge in [0.05, 0.1) is 23.3 Å². The van der Waals surface area contributed by atoms with Gasteiger partial charge in [-0.2, -0.15) is 0 Å². The molecule has 0 radical (unpaired) electrons. The zero-order valence-electron chi connectivity index (χ0n) is 20.6. The van der Waals surface area contributed by atoms with Crippen molar-refractivity contribution >= 4 is 40.4 Å². The maximum atomic E-state index is 14.1. The van der Waals surface area contributed by atoms with E-state index in [1.807, 2.05) is 70.3 Å². The number of halogens is 1. The summed E-state index contributed by atoms with van der Waals surface area (Å²) in [5, 5.41) is 2.66. The molecule has 4 aromatic rings. The number of aromatic nitrogens is 2. The number of hydrogen-bond acceptors (Lipinski definition) is 5. The molecule has 0 fully saturated rings. The Kier molecular flexibility index (Phi) is 5.22. The SMILES string of the molecule is NC(=O)Nc1nc2cc(C=C3c4ccccc4COc4cc(F)ccc43)ccc2n1C1=CC2=COC=CN2C1. The lowest BCUT2D eigenvalue weighted by molar-refractivity contribution is 0.259. The summed E-state index contributed by atoms with van der Waals surface area (Å²) in [6.07, 6.45) is 9.14. The largest absolute Gasteiger partial charge is 0.488 e. The highest BCUT2D eigenvalue weighted by Gasteiger charge is 2.25. The average molecular weight is 520 g/mol. The van der Waals surface area contributed by atoms with E-state index >= 15 is 0 Å². The molecule has 9 heteroatoms. The Morgan fingerprint density at radius 1 is 1.10 bits per heavy atom. The molecule has 3 aliphatic heterocycles. The number of carbonyl (C=O) groups excluding carboxylic acids is 1. The number of rotatable bonds is 3. The Bertz CT molecular complexity index is 1800. The predicted molar refractivity (Wildman–Crippen MR) is 146 cm³/mol. The third-order valence-corrected chi connectivity index (χ3v) is 6.92. The maximum absolute atomic E-state index is 14.1. The van der Waals surface area contributed by atoms with E-state index in [0.29, 0.717) is 30.4 Å². The van der Waals surface area contributed by atoms with Gasteiger partial charge in [-0.25, -0.2) is 14.2 Å². The molecule has 3 aliphatic rings. The van der Waals surface area contributed by atoms with E-state index < -0.39 is 6.03 Å². The number of amides is 2. The Hall–Kier alpha value is -5.31. The van der Waals surface area contributed by atoms with Crippen molar-refractivity contribution in [2.75, 3.05) is 11.9 Å². The molecule has 0 bridgehead atoms. The first-order valence-corrected chi connectivity index (χ1v) is 12.3. The third-order valence-electron chi connectivity index (χ3n) is 6.92. The van der Waals surface area contributed by atoms with Crippen molar-refractivity contribution in [3.63, 3.8) is 0 Å². The fraction of sp³-hybridized carbons (Fsp3) is 0.0667. The average Bonchev–Trinajstić information content (AvgIpc) is 3.46. The zero-order chi connectivity index (χ0) is 26.5. The number of nitrogens with two attached hydrogens (primary N) is 1. The molecule has 8 nitrogen and oxygen atoms in total. The number of allylic oxidation sites excluding steroid dienone is 1. The van der Waals surface area contributed by atoms with Crippen LogP contribution >= 0.6 is 0 Å². The first-order chi connectivity index (χ1) is 19.0. The minimum absolute atomic E-state index is 0.327. The number of anilines is 1. The lowest BCUT2D eigenvalue weighted by atomic mass is 9.92. The molecule has 7 rings (SSSR count). The summed E-state index contributed by atoms with van der Waals surface area (Å²) >= 11 is 0. The number of carbonyl (C=O) groups is 1. The first kappa shape index (κ1) is 22.9. The summed E-state index contributed by atoms with van der Waals surface area (Å²) in [5.74, 6) is 0.469. The van der Waals surface area contributed by atoms with Crippen LogP contribution in [0.1, 0.15) is 22.3 Å². The molecule has 192 valence electrons. The number of nitrogens with zero attached hydrogens (tertiary/aromatic N) is 3. The molecule has 4 heterocycles. The summed E-state index contributed by atoms with van der Waals surface area (Å²) in [7, 11) is 0. The van der Waals surface area contributed by atoms with Gasteiger partial charge in [-0.05, 0) is 58.7 Å². The van der Waals surface area contributed by atoms with Crippen LogP contribution in [-0.2, 0) is 11.3 Å². The normalized spacial score (nSPS) is 16.4. The molecule has 39 heavy (non-hydrogen) atoms. The summed E-state index contributed by atoms with van der Waals surface area (Å²) < 4.78 is 27.2. The summed E-state index contributed by atoms with van der Waals surface area (Å²) in [6, 6.07) is 17.8. The number of imidazole rings is 1. The lowest BCUT2D eigenvalue weighted by Crippen LogP contribution is -2.22. The molecular formula is C30H22FN5O3. The van der Waals surface area contributed by atoms with E-state index in [4.69, 9.17) is 20.2 Å². The Morgan fingerprint density at radius 3 is 2.87 bits per heavy atom. The van der Waals surface area contributed by atoms with Crippen LogP contribution in [-0.4, -0.2) is 27.0 Å². The minimum atomic E-state index is -0.702. The smallest absolute Gasteiger partial charge is 0.318 e. The van der Waals surface area contributed by atoms with Gasteiger partial charge in [-0.15, -0.1) is 0 Å². The number of nitrogens with one attached hydrogen (secondary N) is 1. The van der Waals surface area contributed by atoms with Crippen LogP contribution in [0.5, 0.6) is 5.75 Å². The fourth-order valence-corrected chi connectivity index (χ4v) is 5.20. The third kappa shape index (κ3) is 4.00. The second kappa shape index (κ2) is 8.91. The number of benzene rings is 3. The number of hydrogen-bond donors (Lipinski definition) is 2. The van der Waals surface area contributed by atoms with Crippen LogP contribution in [0.4, 0.5) is 15.1 Å². The minimum Gasteiger partial charge on any atom is -0.488 e. The number of ether oxygens (including phenoxy) is 2. The quantitative estimate of drug-likeness (QED) is 0.365. The molecule has 1 aromatic heterocycles. The fourth-order valence-electron chi connectivity index (χ4n) is 5.20. The Morgan fingerprint density at radius 2 is 2.00 bits per heavy atom. The van der Waals surface area contributed by atoms with Crippen molar-refractivity contribution in [3.05, 3.63) is 119 Å². The highest BCUT2D eigenvalue weighted by atomic mass is 19.1. The highest BCUT2D eigenvalue weighted by Crippen LogP contribution is 2.39. The molecule has 0 spiro atoms. The molecule has 0 saturated carbocycles. The molecule has 0 atom stereocenters. The number of urea groups is 1. The van der Waals surface area contributed by atoms with Gasteiger partial charge in [-0.1, -0.05) is 30.3 Å². The van der Waals surface area contributed by atoms with Crippen molar-refractivity contribution in [1.29, 1.82) is 0 Å². The standard InChI is InChI=1S/C30H22FN5O3/c31-20-6-7-24-25(23-4-2-1-3-19(23)16-39-28(24)13-20)11-18-5-8-27-26(12-18)33-30(34-29(32)37)36(27)21-14-22-17-38-10-9-35(22)15-21/h1-14,17H,15-16H2,(H3,32,33,34,37). The lowest BCUT2D eigenvalue weighted by Gasteiger charge is -2.18. The summed E-state index contributed by atoms with van der Waals surface area (Å²) in [5.41, 5.74) is 13.4. The number of fused-ring (bicyclic) bond motifs is 4. The van der Waals surface area contributed by atoms with E-state index in [0.717, 1.165) is 44.7 Å². The summed E-state index contributed by atoms with van der Waals surface area (Å²) in [6.45, 7) is 0.916. The zero-order valence-corrected chi connectivity index (χ0v) is 20.6. The highest BCUT2D eigenvalue weighted by molar-refractivity contribution is 5.97. The van der Waals surface area contributed by atoms with Gasteiger partial charge in [0.15, 0.2) is 0 Å². The molecule has 2 amide bonds. The Labute approximate surface area is 222 Å². The topological polar surface area (TPSA) is 94.6 Å². The second-order valence-corrected chi connectivity index (χ2v) is 9.38. The molecule has 3 N–H and O–H groups in total.